The van der Waals surface area contributed by atoms with E-state index in [1.807, 2.05) is 13.0 Å². The first kappa shape index (κ1) is 15.5. The Morgan fingerprint density at radius 3 is 2.67 bits per heavy atom. The molecule has 3 rings (SSSR count). The zero-order valence-corrected chi connectivity index (χ0v) is 13.0. The lowest BCUT2D eigenvalue weighted by atomic mass is 10.1. The summed E-state index contributed by atoms with van der Waals surface area (Å²) < 4.78 is 5.02. The predicted octanol–water partition coefficient (Wildman–Crippen LogP) is 2.23. The van der Waals surface area contributed by atoms with Gasteiger partial charge in [-0.2, -0.15) is 5.10 Å². The molecule has 1 aromatic carbocycles. The zero-order valence-electron chi connectivity index (χ0n) is 13.0. The van der Waals surface area contributed by atoms with Gasteiger partial charge in [0.25, 0.3) is 5.91 Å². The second-order valence-corrected chi connectivity index (χ2v) is 5.16. The lowest BCUT2D eigenvalue weighted by Crippen LogP contribution is -2.16. The third-order valence-corrected chi connectivity index (χ3v) is 3.52. The van der Waals surface area contributed by atoms with Gasteiger partial charge in [-0.25, -0.2) is 9.78 Å². The molecule has 0 spiro atoms. The molecular weight excluding hydrogens is 312 g/mol. The Morgan fingerprint density at radius 1 is 1.21 bits per heavy atom. The molecule has 122 valence electrons. The van der Waals surface area contributed by atoms with Gasteiger partial charge in [-0.05, 0) is 24.6 Å². The first-order valence-corrected chi connectivity index (χ1v) is 7.02. The largest absolute Gasteiger partial charge is 0.497 e. The number of carbonyl (C=O) groups excluding carboxylic acids is 1. The molecule has 8 nitrogen and oxygen atoms in total. The third-order valence-electron chi connectivity index (χ3n) is 3.52. The van der Waals surface area contributed by atoms with Crippen LogP contribution in [0.1, 0.15) is 26.5 Å². The predicted molar refractivity (Wildman–Crippen MR) is 86.5 cm³/mol. The first-order chi connectivity index (χ1) is 11.5. The number of hydrogen-bond acceptors (Lipinski definition) is 5. The molecule has 0 saturated heterocycles. The van der Waals surface area contributed by atoms with E-state index >= 15 is 0 Å². The molecule has 3 aromatic rings. The van der Waals surface area contributed by atoms with Crippen LogP contribution >= 0.6 is 0 Å². The van der Waals surface area contributed by atoms with Crippen LogP contribution < -0.4 is 10.1 Å². The van der Waals surface area contributed by atoms with Gasteiger partial charge in [-0.15, -0.1) is 0 Å². The Labute approximate surface area is 136 Å². The number of pyridine rings is 1. The van der Waals surface area contributed by atoms with Crippen molar-refractivity contribution in [2.75, 3.05) is 12.4 Å². The summed E-state index contributed by atoms with van der Waals surface area (Å²) in [4.78, 5) is 27.4. The number of anilines is 1. The van der Waals surface area contributed by atoms with Crippen molar-refractivity contribution in [3.05, 3.63) is 47.4 Å². The smallest absolute Gasteiger partial charge is 0.354 e. The van der Waals surface area contributed by atoms with Crippen molar-refractivity contribution in [1.82, 2.24) is 15.2 Å². The number of nitrogens with one attached hydrogen (secondary N) is 2. The van der Waals surface area contributed by atoms with Crippen molar-refractivity contribution in [3.63, 3.8) is 0 Å². The van der Waals surface area contributed by atoms with Crippen LogP contribution in [0.15, 0.2) is 30.5 Å². The maximum Gasteiger partial charge on any atom is 0.354 e. The number of carboxylic acid groups (broad SMARTS) is 1. The van der Waals surface area contributed by atoms with Gasteiger partial charge >= 0.3 is 5.97 Å². The molecule has 2 heterocycles. The second kappa shape index (κ2) is 5.99. The van der Waals surface area contributed by atoms with Crippen LogP contribution in [0.4, 0.5) is 5.69 Å². The number of aromatic amines is 1. The molecular formula is C16H14N4O4. The Hall–Kier alpha value is -3.42. The van der Waals surface area contributed by atoms with E-state index in [1.165, 1.54) is 19.2 Å². The molecule has 0 fully saturated rings. The Morgan fingerprint density at radius 2 is 1.96 bits per heavy atom. The molecule has 0 aliphatic rings. The van der Waals surface area contributed by atoms with Gasteiger partial charge in [0.2, 0.25) is 0 Å². The van der Waals surface area contributed by atoms with E-state index < -0.39 is 11.9 Å². The number of aryl methyl sites for hydroxylation is 1. The summed E-state index contributed by atoms with van der Waals surface area (Å²) in [7, 11) is 1.39. The molecule has 1 amide bonds. The summed E-state index contributed by atoms with van der Waals surface area (Å²) in [6.07, 6.45) is 1.69. The summed E-state index contributed by atoms with van der Waals surface area (Å²) >= 11 is 0. The molecule has 0 bridgehead atoms. The quantitative estimate of drug-likeness (QED) is 0.677. The highest BCUT2D eigenvalue weighted by Crippen LogP contribution is 2.23. The fourth-order valence-electron chi connectivity index (χ4n) is 2.28. The van der Waals surface area contributed by atoms with Crippen LogP contribution in [0.2, 0.25) is 0 Å². The maximum atomic E-state index is 12.4. The highest BCUT2D eigenvalue weighted by Gasteiger charge is 2.16. The summed E-state index contributed by atoms with van der Waals surface area (Å²) in [5, 5.41) is 19.5. The topological polar surface area (TPSA) is 117 Å². The average molecular weight is 326 g/mol. The fraction of sp³-hybridized carbons (Fsp3) is 0.125. The van der Waals surface area contributed by atoms with E-state index in [9.17, 15) is 9.59 Å². The van der Waals surface area contributed by atoms with Gasteiger partial charge in [0, 0.05) is 23.2 Å². The zero-order chi connectivity index (χ0) is 17.3. The number of H-pyrrole nitrogens is 1. The molecule has 24 heavy (non-hydrogen) atoms. The number of fused-ring (bicyclic) bond motifs is 1. The highest BCUT2D eigenvalue weighted by atomic mass is 16.5. The highest BCUT2D eigenvalue weighted by molar-refractivity contribution is 6.05. The minimum Gasteiger partial charge on any atom is -0.497 e. The average Bonchev–Trinajstić information content (AvgIpc) is 3.01. The number of carboxylic acids is 1. The number of hydrogen-bond donors (Lipinski definition) is 3. The molecule has 0 saturated carbocycles. The summed E-state index contributed by atoms with van der Waals surface area (Å²) in [6, 6.07) is 6.27. The summed E-state index contributed by atoms with van der Waals surface area (Å²) in [6.45, 7) is 1.85. The number of aromatic nitrogens is 3. The van der Waals surface area contributed by atoms with E-state index in [0.29, 0.717) is 5.69 Å². The standard InChI is InChI=1S/C16H14N4O4/c1-8-3-9-7-17-20-12(9)6-11(8)19-15(21)13-4-10(24-2)5-14(18-13)16(22)23/h3-7H,1-2H3,(H,17,20)(H,19,21)(H,22,23). The number of benzene rings is 1. The molecule has 3 N–H and O–H groups in total. The Kier molecular flexibility index (Phi) is 3.87. The van der Waals surface area contributed by atoms with E-state index in [4.69, 9.17) is 9.84 Å². The number of rotatable bonds is 4. The van der Waals surface area contributed by atoms with E-state index in [2.05, 4.69) is 20.5 Å². The van der Waals surface area contributed by atoms with Gasteiger partial charge in [0.1, 0.15) is 11.4 Å². The molecule has 8 heteroatoms. The van der Waals surface area contributed by atoms with Crippen LogP contribution in [0.25, 0.3) is 10.9 Å². The van der Waals surface area contributed by atoms with Gasteiger partial charge < -0.3 is 15.2 Å². The van der Waals surface area contributed by atoms with Crippen molar-refractivity contribution in [1.29, 1.82) is 0 Å². The summed E-state index contributed by atoms with van der Waals surface area (Å²) in [5.41, 5.74) is 1.90. The normalized spacial score (nSPS) is 10.6. The van der Waals surface area contributed by atoms with E-state index in [0.717, 1.165) is 16.5 Å². The van der Waals surface area contributed by atoms with Crippen molar-refractivity contribution in [2.24, 2.45) is 0 Å². The van der Waals surface area contributed by atoms with E-state index in [-0.39, 0.29) is 17.1 Å². The molecule has 0 aliphatic carbocycles. The lowest BCUT2D eigenvalue weighted by molar-refractivity contribution is 0.0690. The number of amides is 1. The monoisotopic (exact) mass is 326 g/mol. The molecule has 0 radical (unpaired) electrons. The van der Waals surface area contributed by atoms with Crippen LogP contribution in [-0.4, -0.2) is 39.3 Å². The summed E-state index contributed by atoms with van der Waals surface area (Å²) in [5.74, 6) is -1.52. The van der Waals surface area contributed by atoms with Crippen LogP contribution in [0.3, 0.4) is 0 Å². The SMILES string of the molecule is COc1cc(C(=O)O)nc(C(=O)Nc2cc3[nH]ncc3cc2C)c1. The number of nitrogens with zero attached hydrogens (tertiary/aromatic N) is 2. The van der Waals surface area contributed by atoms with Crippen LogP contribution in [-0.2, 0) is 0 Å². The van der Waals surface area contributed by atoms with Gasteiger partial charge in [0.15, 0.2) is 5.69 Å². The minimum absolute atomic E-state index is 0.0455. The number of methoxy groups -OCH3 is 1. The maximum absolute atomic E-state index is 12.4. The minimum atomic E-state index is -1.24. The van der Waals surface area contributed by atoms with Gasteiger partial charge in [0.05, 0.1) is 18.8 Å². The number of aromatic carboxylic acids is 1. The number of carbonyl (C=O) groups is 2. The first-order valence-electron chi connectivity index (χ1n) is 7.02. The van der Waals surface area contributed by atoms with Crippen molar-refractivity contribution < 1.29 is 19.4 Å². The van der Waals surface area contributed by atoms with Crippen molar-refractivity contribution in [3.8, 4) is 5.75 Å². The molecule has 0 unspecified atom stereocenters. The molecule has 2 aromatic heterocycles. The van der Waals surface area contributed by atoms with Gasteiger partial charge in [-0.3, -0.25) is 9.89 Å². The van der Waals surface area contributed by atoms with Crippen LogP contribution in [0, 0.1) is 6.92 Å². The van der Waals surface area contributed by atoms with Crippen molar-refractivity contribution >= 4 is 28.5 Å². The van der Waals surface area contributed by atoms with Crippen LogP contribution in [0.5, 0.6) is 5.75 Å². The Bertz CT molecular complexity index is 948. The fourth-order valence-corrected chi connectivity index (χ4v) is 2.28. The van der Waals surface area contributed by atoms with E-state index in [1.54, 1.807) is 12.3 Å². The van der Waals surface area contributed by atoms with Gasteiger partial charge in [-0.1, -0.05) is 0 Å². The Balaban J connectivity index is 1.95. The third kappa shape index (κ3) is 2.89. The molecule has 0 aliphatic heterocycles. The number of ether oxygens (including phenoxy) is 1. The lowest BCUT2D eigenvalue weighted by Gasteiger charge is -2.10. The molecule has 0 atom stereocenters. The second-order valence-electron chi connectivity index (χ2n) is 5.16. The van der Waals surface area contributed by atoms with Crippen molar-refractivity contribution in [2.45, 2.75) is 6.92 Å².